The molecule has 4 aliphatic heterocycles. The summed E-state index contributed by atoms with van der Waals surface area (Å²) in [4.78, 5) is 71.6. The van der Waals surface area contributed by atoms with Crippen molar-refractivity contribution in [2.75, 3.05) is 5.33 Å². The van der Waals surface area contributed by atoms with Gasteiger partial charge >= 0.3 is 0 Å². The zero-order valence-electron chi connectivity index (χ0n) is 55.5. The molecule has 0 saturated heterocycles. The van der Waals surface area contributed by atoms with Crippen LogP contribution in [0.4, 0.5) is 0 Å². The van der Waals surface area contributed by atoms with Gasteiger partial charge in [-0.15, -0.1) is 17.5 Å². The van der Waals surface area contributed by atoms with Crippen LogP contribution in [0.5, 0.6) is 23.0 Å². The van der Waals surface area contributed by atoms with Crippen LogP contribution in [0.1, 0.15) is 171 Å². The summed E-state index contributed by atoms with van der Waals surface area (Å²) < 4.78 is 23.5. The Morgan fingerprint density at radius 1 is 0.417 bits per heavy atom. The Balaban J connectivity index is 0.000000119. The molecule has 10 nitrogen and oxygen atoms in total. The van der Waals surface area contributed by atoms with E-state index >= 15 is 0 Å². The van der Waals surface area contributed by atoms with Gasteiger partial charge in [-0.2, -0.15) is 0 Å². The van der Waals surface area contributed by atoms with Gasteiger partial charge in [-0.05, 0) is 210 Å². The molecule has 4 aliphatic carbocycles. The molecular formula is C82H76BrClO10Si2. The number of halogens is 2. The minimum atomic E-state index is -1.38. The lowest BCUT2D eigenvalue weighted by Crippen LogP contribution is -2.16. The molecule has 4 heterocycles. The fraction of sp³-hybridized carbons (Fsp3) is 0.293. The number of alkyl halides is 1. The maximum absolute atomic E-state index is 12.1. The van der Waals surface area contributed by atoms with Gasteiger partial charge in [-0.25, -0.2) is 0 Å². The van der Waals surface area contributed by atoms with Gasteiger partial charge in [0.25, 0.3) is 0 Å². The normalized spacial score (nSPS) is 15.1. The van der Waals surface area contributed by atoms with Gasteiger partial charge in [0, 0.05) is 91.9 Å². The minimum Gasteiger partial charge on any atom is -0.488 e. The molecule has 0 spiro atoms. The van der Waals surface area contributed by atoms with Gasteiger partial charge in [-0.1, -0.05) is 109 Å². The van der Waals surface area contributed by atoms with Gasteiger partial charge in [0.2, 0.25) is 0 Å². The number of aryl methyl sites for hydroxylation is 4. The van der Waals surface area contributed by atoms with Crippen molar-refractivity contribution in [3.8, 4) is 90.9 Å². The molecule has 0 atom stereocenters. The summed E-state index contributed by atoms with van der Waals surface area (Å²) >= 11 is 9.25. The van der Waals surface area contributed by atoms with Crippen molar-refractivity contribution in [2.24, 2.45) is 0 Å². The Bertz CT molecular complexity index is 4680. The summed E-state index contributed by atoms with van der Waals surface area (Å²) in [7, 11) is -2.48. The number of carbonyl (C=O) groups is 6. The van der Waals surface area contributed by atoms with Crippen molar-refractivity contribution < 1.29 is 47.7 Å². The maximum atomic E-state index is 12.1. The molecule has 8 aliphatic rings. The number of carbonyl (C=O) groups excluding carboxylic acids is 6. The van der Waals surface area contributed by atoms with Crippen LogP contribution in [0, 0.1) is 23.4 Å². The maximum Gasteiger partial charge on any atom is 0.173 e. The molecular weight excluding hydrogens is 1320 g/mol. The molecule has 8 aromatic carbocycles. The van der Waals surface area contributed by atoms with Gasteiger partial charge in [0.15, 0.2) is 34.7 Å². The summed E-state index contributed by atoms with van der Waals surface area (Å²) in [6, 6.07) is 39.9. The van der Waals surface area contributed by atoms with Crippen molar-refractivity contribution in [3.63, 3.8) is 0 Å². The molecule has 0 unspecified atom stereocenters. The third kappa shape index (κ3) is 14.8. The molecule has 0 radical (unpaired) electrons. The molecule has 8 aromatic rings. The molecule has 0 saturated carbocycles. The second-order valence-electron chi connectivity index (χ2n) is 27.7. The largest absolute Gasteiger partial charge is 0.488 e. The Morgan fingerprint density at radius 2 is 0.750 bits per heavy atom. The first-order valence-corrected chi connectivity index (χ1v) is 41.6. The smallest absolute Gasteiger partial charge is 0.173 e. The SMILES string of the molecule is C#C[Si](C)(C)C.CC(=O)c1ccc2c(c1)COc1cc3c(cc1-2)CCCC3=O.C[Si](C)(C)C#Cc1ccc2c(c1)COc1cc3c(cc1-2)CCCC3=O.O=C(CBr)c1ccc2c(c1)COc1cc3c(cc1-2)CCCC3=O.O=C1CCCc2cc3c(cc21)OCc1cc(Cl)ccc1-3. The zero-order chi connectivity index (χ0) is 67.7. The number of benzene rings is 8. The highest BCUT2D eigenvalue weighted by molar-refractivity contribution is 9.09. The fourth-order valence-corrected chi connectivity index (χ4v) is 14.3. The van der Waals surface area contributed by atoms with Crippen LogP contribution in [0.3, 0.4) is 0 Å². The summed E-state index contributed by atoms with van der Waals surface area (Å²) in [5, 5.41) is 1.04. The first-order chi connectivity index (χ1) is 46.0. The summed E-state index contributed by atoms with van der Waals surface area (Å²) in [5.74, 6) is 7.55. The number of Topliss-reactive ketones (excluding diaryl/α,β-unsaturated/α-hetero) is 6. The summed E-state index contributed by atoms with van der Waals surface area (Å²) in [6.07, 6.45) is 15.2. The van der Waals surface area contributed by atoms with E-state index < -0.39 is 16.1 Å². The third-order valence-corrected chi connectivity index (χ3v) is 20.8. The third-order valence-electron chi connectivity index (χ3n) is 18.4. The molecule has 0 N–H and O–H groups in total. The van der Waals surface area contributed by atoms with Gasteiger partial charge in [0.1, 0.15) is 65.6 Å². The number of ether oxygens (including phenoxy) is 4. The number of rotatable bonds is 3. The molecule has 486 valence electrons. The molecule has 0 amide bonds. The van der Waals surface area contributed by atoms with Gasteiger partial charge in [0.05, 0.1) is 5.33 Å². The van der Waals surface area contributed by atoms with Gasteiger partial charge in [-0.3, -0.25) is 28.8 Å². The molecule has 16 rings (SSSR count). The topological polar surface area (TPSA) is 139 Å². The number of hydrogen-bond acceptors (Lipinski definition) is 10. The number of fused-ring (bicyclic) bond motifs is 16. The minimum absolute atomic E-state index is 0.0598. The molecule has 0 bridgehead atoms. The van der Waals surface area contributed by atoms with Crippen LogP contribution >= 0.6 is 27.5 Å². The van der Waals surface area contributed by atoms with E-state index in [2.05, 4.69) is 115 Å². The Morgan fingerprint density at radius 3 is 1.10 bits per heavy atom. The highest BCUT2D eigenvalue weighted by atomic mass is 79.9. The summed E-state index contributed by atoms with van der Waals surface area (Å²) in [6.45, 7) is 16.7. The fourth-order valence-electron chi connectivity index (χ4n) is 13.3. The standard InChI is InChI=1S/C22H22O2Si.C19H15BrO3.C19H16O3.C17H13ClO2.C5H10Si/c1-25(2,3)10-9-15-7-8-18-17(11-15)14-24-22-13-19-16(12-20(18)22)5-4-6-21(19)23;20-9-18(22)12-4-5-14-13(6-12)10-23-19-8-15-11(7-16(14)19)2-1-3-17(15)21;1-11(20)12-5-6-15-14(7-12)10-22-19-9-16-13(8-17(15)19)3-2-4-18(16)21;18-12-4-5-13-11(6-12)9-20-17-8-14-10(7-15(13)17)2-1-3-16(14)19;1-5-6(2,3)4/h7-8,11-13H,4-6,14H2,1-3H3;4-8H,1-3,9-10H2;5-9H,2-4,10H2,1H3;4-8H,1-3,9H2;1H,2-4H3. The number of hydrogen-bond donors (Lipinski definition) is 0. The van der Waals surface area contributed by atoms with E-state index in [4.69, 9.17) is 37.0 Å². The second-order valence-corrected chi connectivity index (χ2v) is 38.2. The molecule has 0 fully saturated rings. The Hall–Kier alpha value is -8.70. The number of ketones is 6. The van der Waals surface area contributed by atoms with Crippen LogP contribution in [0.15, 0.2) is 121 Å². The van der Waals surface area contributed by atoms with Crippen LogP contribution < -0.4 is 18.9 Å². The molecule has 96 heavy (non-hydrogen) atoms. The predicted octanol–water partition coefficient (Wildman–Crippen LogP) is 19.2. The van der Waals surface area contributed by atoms with Crippen molar-refractivity contribution in [1.29, 1.82) is 0 Å². The van der Waals surface area contributed by atoms with Crippen molar-refractivity contribution in [2.45, 2.75) is 150 Å². The van der Waals surface area contributed by atoms with Crippen LogP contribution in [-0.2, 0) is 52.1 Å². The Labute approximate surface area is 578 Å². The lowest BCUT2D eigenvalue weighted by atomic mass is 9.86. The van der Waals surface area contributed by atoms with E-state index in [-0.39, 0.29) is 34.7 Å². The van der Waals surface area contributed by atoms with Crippen LogP contribution in [-0.4, -0.2) is 56.2 Å². The van der Waals surface area contributed by atoms with Crippen molar-refractivity contribution in [3.05, 3.63) is 210 Å². The van der Waals surface area contributed by atoms with E-state index in [0.29, 0.717) is 68.6 Å². The first kappa shape index (κ1) is 67.3. The van der Waals surface area contributed by atoms with E-state index in [9.17, 15) is 28.8 Å². The number of terminal acetylenes is 1. The second kappa shape index (κ2) is 28.2. The van der Waals surface area contributed by atoms with Crippen LogP contribution in [0.25, 0.3) is 44.5 Å². The van der Waals surface area contributed by atoms with E-state index in [1.165, 1.54) is 11.1 Å². The highest BCUT2D eigenvalue weighted by Crippen LogP contribution is 2.46. The van der Waals surface area contributed by atoms with Crippen LogP contribution in [0.2, 0.25) is 44.3 Å². The first-order valence-electron chi connectivity index (χ1n) is 33.1. The monoisotopic (exact) mass is 1390 g/mol. The molecule has 0 aromatic heterocycles. The average molecular weight is 1390 g/mol. The van der Waals surface area contributed by atoms with Gasteiger partial charge < -0.3 is 18.9 Å². The van der Waals surface area contributed by atoms with Crippen molar-refractivity contribution in [1.82, 2.24) is 0 Å². The summed E-state index contributed by atoms with van der Waals surface area (Å²) in [5.41, 5.74) is 29.6. The lowest BCUT2D eigenvalue weighted by Gasteiger charge is -2.24. The quantitative estimate of drug-likeness (QED) is 0.0727. The van der Waals surface area contributed by atoms with E-state index in [1.807, 2.05) is 78.9 Å². The van der Waals surface area contributed by atoms with E-state index in [1.54, 1.807) is 6.92 Å². The average Bonchev–Trinajstić information content (AvgIpc) is 0.786. The Kier molecular flexibility index (Phi) is 19.7. The molecule has 14 heteroatoms. The zero-order valence-corrected chi connectivity index (χ0v) is 59.8. The van der Waals surface area contributed by atoms with Crippen molar-refractivity contribution >= 4 is 78.4 Å². The highest BCUT2D eigenvalue weighted by Gasteiger charge is 2.30. The predicted molar refractivity (Wildman–Crippen MR) is 389 cm³/mol. The van der Waals surface area contributed by atoms with E-state index in [0.717, 1.165) is 185 Å². The lowest BCUT2D eigenvalue weighted by molar-refractivity contribution is 0.0964.